The molecule has 0 spiro atoms. The topological polar surface area (TPSA) is 46.2 Å². The maximum Gasteiger partial charge on any atom is 0.220 e. The third-order valence-corrected chi connectivity index (χ3v) is 1.20. The molecule has 64 valence electrons. The van der Waals surface area contributed by atoms with Crippen molar-refractivity contribution in [3.63, 3.8) is 0 Å². The van der Waals surface area contributed by atoms with Gasteiger partial charge in [0.25, 0.3) is 0 Å². The van der Waals surface area contributed by atoms with Crippen molar-refractivity contribution in [2.75, 3.05) is 6.54 Å². The van der Waals surface area contributed by atoms with Gasteiger partial charge in [-0.2, -0.15) is 0 Å². The van der Waals surface area contributed by atoms with Gasteiger partial charge in [-0.1, -0.05) is 13.8 Å². The Kier molecular flexibility index (Phi) is 5.43. The minimum absolute atomic E-state index is 0.0363. The molecule has 11 heavy (non-hydrogen) atoms. The van der Waals surface area contributed by atoms with E-state index in [-0.39, 0.29) is 5.91 Å². The summed E-state index contributed by atoms with van der Waals surface area (Å²) in [6.07, 6.45) is 1.40. The lowest BCUT2D eigenvalue weighted by atomic mass is 10.2. The Morgan fingerprint density at radius 1 is 1.55 bits per heavy atom. The van der Waals surface area contributed by atoms with Crippen LogP contribution in [-0.2, 0) is 9.59 Å². The molecule has 3 nitrogen and oxygen atoms in total. The summed E-state index contributed by atoms with van der Waals surface area (Å²) in [6, 6.07) is 0. The largest absolute Gasteiger partial charge is 0.356 e. The second-order valence-corrected chi connectivity index (χ2v) is 2.90. The van der Waals surface area contributed by atoms with Gasteiger partial charge in [-0.15, -0.1) is 0 Å². The summed E-state index contributed by atoms with van der Waals surface area (Å²) < 4.78 is 0. The Balaban J connectivity index is 3.29. The second-order valence-electron chi connectivity index (χ2n) is 2.90. The van der Waals surface area contributed by atoms with Crippen LogP contribution in [0.15, 0.2) is 0 Å². The molecule has 3 heteroatoms. The van der Waals surface area contributed by atoms with Crippen molar-refractivity contribution in [1.29, 1.82) is 0 Å². The number of hydrogen-bond acceptors (Lipinski definition) is 2. The molecule has 0 rings (SSSR count). The van der Waals surface area contributed by atoms with E-state index >= 15 is 0 Å². The highest BCUT2D eigenvalue weighted by Crippen LogP contribution is 1.89. The highest BCUT2D eigenvalue weighted by molar-refractivity contribution is 5.77. The molecule has 0 heterocycles. The van der Waals surface area contributed by atoms with E-state index in [1.807, 2.05) is 13.8 Å². The predicted molar refractivity (Wildman–Crippen MR) is 43.1 cm³/mol. The predicted octanol–water partition coefficient (Wildman–Crippen LogP) is 0.738. The quantitative estimate of drug-likeness (QED) is 0.598. The van der Waals surface area contributed by atoms with Gasteiger partial charge in [-0.25, -0.2) is 0 Å². The summed E-state index contributed by atoms with van der Waals surface area (Å²) >= 11 is 0. The first kappa shape index (κ1) is 10.1. The molecule has 0 aromatic carbocycles. The summed E-state index contributed by atoms with van der Waals surface area (Å²) in [7, 11) is 0. The highest BCUT2D eigenvalue weighted by atomic mass is 16.1. The first-order valence-corrected chi connectivity index (χ1v) is 3.87. The summed E-state index contributed by atoms with van der Waals surface area (Å²) in [5, 5.41) is 2.72. The zero-order chi connectivity index (χ0) is 8.69. The molecule has 0 aliphatic rings. The normalized spacial score (nSPS) is 9.73. The minimum Gasteiger partial charge on any atom is -0.356 e. The van der Waals surface area contributed by atoms with Gasteiger partial charge >= 0.3 is 0 Å². The van der Waals surface area contributed by atoms with Crippen LogP contribution in [0.1, 0.15) is 26.7 Å². The number of amides is 1. The number of nitrogens with one attached hydrogen (secondary N) is 1. The maximum absolute atomic E-state index is 10.8. The molecule has 0 atom stereocenters. The Labute approximate surface area is 67.2 Å². The van der Waals surface area contributed by atoms with E-state index in [1.54, 1.807) is 0 Å². The van der Waals surface area contributed by atoms with E-state index in [9.17, 15) is 9.59 Å². The van der Waals surface area contributed by atoms with Crippen LogP contribution < -0.4 is 5.32 Å². The molecule has 1 N–H and O–H groups in total. The van der Waals surface area contributed by atoms with Gasteiger partial charge in [-0.3, -0.25) is 4.79 Å². The van der Waals surface area contributed by atoms with Crippen molar-refractivity contribution < 1.29 is 9.59 Å². The first-order valence-electron chi connectivity index (χ1n) is 3.87. The first-order chi connectivity index (χ1) is 5.16. The fourth-order valence-electron chi connectivity index (χ4n) is 0.596. The van der Waals surface area contributed by atoms with Crippen LogP contribution in [0.5, 0.6) is 0 Å². The zero-order valence-electron chi connectivity index (χ0n) is 7.09. The van der Waals surface area contributed by atoms with Crippen LogP contribution in [0.4, 0.5) is 0 Å². The summed E-state index contributed by atoms with van der Waals surface area (Å²) in [4.78, 5) is 20.7. The fraction of sp³-hybridized carbons (Fsp3) is 0.750. The van der Waals surface area contributed by atoms with Crippen LogP contribution in [0.2, 0.25) is 0 Å². The third kappa shape index (κ3) is 7.03. The van der Waals surface area contributed by atoms with Crippen molar-refractivity contribution in [3.05, 3.63) is 0 Å². The Bertz CT molecular complexity index is 132. The second kappa shape index (κ2) is 5.89. The standard InChI is InChI=1S/C8H15NO2/c1-7(2)6-9-8(11)4-3-5-10/h5,7H,3-4,6H2,1-2H3,(H,9,11). The molecule has 0 unspecified atom stereocenters. The lowest BCUT2D eigenvalue weighted by molar-refractivity contribution is -0.122. The van der Waals surface area contributed by atoms with Gasteiger partial charge in [0, 0.05) is 19.4 Å². The molecule has 0 bridgehead atoms. The number of hydrogen-bond donors (Lipinski definition) is 1. The number of carbonyl (C=O) groups is 2. The van der Waals surface area contributed by atoms with Crippen LogP contribution in [0.3, 0.4) is 0 Å². The van der Waals surface area contributed by atoms with Crippen LogP contribution in [-0.4, -0.2) is 18.7 Å². The lowest BCUT2D eigenvalue weighted by Gasteiger charge is -2.05. The minimum atomic E-state index is -0.0363. The van der Waals surface area contributed by atoms with Gasteiger partial charge in [0.05, 0.1) is 0 Å². The van der Waals surface area contributed by atoms with E-state index in [4.69, 9.17) is 0 Å². The SMILES string of the molecule is CC(C)CNC(=O)CCC=O. The van der Waals surface area contributed by atoms with E-state index in [1.165, 1.54) is 0 Å². The number of aldehydes is 1. The highest BCUT2D eigenvalue weighted by Gasteiger charge is 2.00. The molecule has 0 fully saturated rings. The smallest absolute Gasteiger partial charge is 0.220 e. The van der Waals surface area contributed by atoms with Crippen LogP contribution in [0, 0.1) is 5.92 Å². The molecular formula is C8H15NO2. The Morgan fingerprint density at radius 2 is 2.18 bits per heavy atom. The van der Waals surface area contributed by atoms with Gasteiger partial charge in [-0.05, 0) is 5.92 Å². The monoisotopic (exact) mass is 157 g/mol. The van der Waals surface area contributed by atoms with Gasteiger partial charge in [0.1, 0.15) is 6.29 Å². The molecular weight excluding hydrogens is 142 g/mol. The van der Waals surface area contributed by atoms with Crippen molar-refractivity contribution in [1.82, 2.24) is 5.32 Å². The van der Waals surface area contributed by atoms with E-state index in [0.717, 1.165) is 6.29 Å². The molecule has 0 saturated heterocycles. The molecule has 1 amide bonds. The molecule has 0 aromatic rings. The van der Waals surface area contributed by atoms with Crippen LogP contribution in [0.25, 0.3) is 0 Å². The molecule has 0 radical (unpaired) electrons. The summed E-state index contributed by atoms with van der Waals surface area (Å²) in [6.45, 7) is 4.75. The van der Waals surface area contributed by atoms with E-state index in [0.29, 0.717) is 25.3 Å². The van der Waals surface area contributed by atoms with Crippen molar-refractivity contribution in [2.45, 2.75) is 26.7 Å². The number of rotatable bonds is 5. The molecule has 0 aliphatic carbocycles. The Morgan fingerprint density at radius 3 is 2.64 bits per heavy atom. The fourth-order valence-corrected chi connectivity index (χ4v) is 0.596. The lowest BCUT2D eigenvalue weighted by Crippen LogP contribution is -2.26. The zero-order valence-corrected chi connectivity index (χ0v) is 7.09. The third-order valence-electron chi connectivity index (χ3n) is 1.20. The van der Waals surface area contributed by atoms with Crippen LogP contribution >= 0.6 is 0 Å². The van der Waals surface area contributed by atoms with Crippen molar-refractivity contribution >= 4 is 12.2 Å². The van der Waals surface area contributed by atoms with Crippen molar-refractivity contribution in [2.24, 2.45) is 5.92 Å². The van der Waals surface area contributed by atoms with E-state index in [2.05, 4.69) is 5.32 Å². The average molecular weight is 157 g/mol. The van der Waals surface area contributed by atoms with Crippen molar-refractivity contribution in [3.8, 4) is 0 Å². The van der Waals surface area contributed by atoms with Gasteiger partial charge < -0.3 is 10.1 Å². The van der Waals surface area contributed by atoms with Gasteiger partial charge in [0.15, 0.2) is 0 Å². The summed E-state index contributed by atoms with van der Waals surface area (Å²) in [5.41, 5.74) is 0. The van der Waals surface area contributed by atoms with E-state index < -0.39 is 0 Å². The molecule has 0 saturated carbocycles. The molecule has 0 aliphatic heterocycles. The average Bonchev–Trinajstić information content (AvgIpc) is 1.97. The molecule has 0 aromatic heterocycles. The Hall–Kier alpha value is -0.860. The van der Waals surface area contributed by atoms with Gasteiger partial charge in [0.2, 0.25) is 5.91 Å². The maximum atomic E-state index is 10.8. The number of carbonyl (C=O) groups excluding carboxylic acids is 2. The summed E-state index contributed by atoms with van der Waals surface area (Å²) in [5.74, 6) is 0.431.